The summed E-state index contributed by atoms with van der Waals surface area (Å²) >= 11 is 0. The summed E-state index contributed by atoms with van der Waals surface area (Å²) < 4.78 is 5.86. The molecule has 1 aliphatic rings. The zero-order chi connectivity index (χ0) is 14.8. The number of ether oxygens (including phenoxy) is 1. The lowest BCUT2D eigenvalue weighted by molar-refractivity contribution is -0.00746. The fourth-order valence-electron chi connectivity index (χ4n) is 3.41. The summed E-state index contributed by atoms with van der Waals surface area (Å²) in [5.74, 6) is 0. The molecule has 1 N–H and O–H groups in total. The van der Waals surface area contributed by atoms with Crippen LogP contribution in [0.25, 0.3) is 0 Å². The molecule has 2 unspecified atom stereocenters. The molecule has 1 aliphatic heterocycles. The molecule has 3 heteroatoms. The fraction of sp³-hybridized carbons (Fsp3) is 1.00. The first kappa shape index (κ1) is 17.9. The van der Waals surface area contributed by atoms with Gasteiger partial charge >= 0.3 is 0 Å². The maximum absolute atomic E-state index is 5.86. The number of nitrogens with zero attached hydrogens (tertiary/aromatic N) is 1. The summed E-state index contributed by atoms with van der Waals surface area (Å²) in [6.07, 6.45) is 8.05. The Morgan fingerprint density at radius 3 is 2.65 bits per heavy atom. The van der Waals surface area contributed by atoms with Crippen LogP contribution in [0.4, 0.5) is 0 Å². The van der Waals surface area contributed by atoms with Gasteiger partial charge in [-0.25, -0.2) is 0 Å². The highest BCUT2D eigenvalue weighted by Gasteiger charge is 2.26. The van der Waals surface area contributed by atoms with Crippen LogP contribution in [0.15, 0.2) is 0 Å². The molecular formula is C17H36N2O. The number of rotatable bonds is 10. The largest absolute Gasteiger partial charge is 0.377 e. The van der Waals surface area contributed by atoms with E-state index in [4.69, 9.17) is 4.74 Å². The average molecular weight is 284 g/mol. The summed E-state index contributed by atoms with van der Waals surface area (Å²) in [6, 6.07) is 0. The standard InChI is InChI=1S/C17H36N2O/c1-5-10-17(3,14-18-11-6-2)15-19(4)13-16-9-7-8-12-20-16/h16,18H,5-15H2,1-4H3. The molecule has 1 rings (SSSR count). The molecule has 0 bridgehead atoms. The summed E-state index contributed by atoms with van der Waals surface area (Å²) in [5, 5.41) is 3.61. The second-order valence-corrected chi connectivity index (χ2v) is 6.92. The molecule has 20 heavy (non-hydrogen) atoms. The topological polar surface area (TPSA) is 24.5 Å². The van der Waals surface area contributed by atoms with E-state index in [1.54, 1.807) is 0 Å². The summed E-state index contributed by atoms with van der Waals surface area (Å²) in [5.41, 5.74) is 0.382. The summed E-state index contributed by atoms with van der Waals surface area (Å²) in [4.78, 5) is 2.49. The molecule has 1 fully saturated rings. The van der Waals surface area contributed by atoms with Crippen molar-refractivity contribution in [3.8, 4) is 0 Å². The Hall–Kier alpha value is -0.120. The molecule has 120 valence electrons. The van der Waals surface area contributed by atoms with Crippen molar-refractivity contribution < 1.29 is 4.74 Å². The van der Waals surface area contributed by atoms with Crippen molar-refractivity contribution in [1.29, 1.82) is 0 Å². The molecule has 0 saturated carbocycles. The van der Waals surface area contributed by atoms with Crippen LogP contribution in [0, 0.1) is 5.41 Å². The van der Waals surface area contributed by atoms with Crippen molar-refractivity contribution in [3.05, 3.63) is 0 Å². The molecule has 0 spiro atoms. The SMILES string of the molecule is CCCNCC(C)(CCC)CN(C)CC1CCCCO1. The van der Waals surface area contributed by atoms with Crippen LogP contribution in [0.3, 0.4) is 0 Å². The van der Waals surface area contributed by atoms with Crippen molar-refractivity contribution in [2.45, 2.75) is 65.4 Å². The van der Waals surface area contributed by atoms with E-state index in [1.165, 1.54) is 38.5 Å². The van der Waals surface area contributed by atoms with Gasteiger partial charge in [0.25, 0.3) is 0 Å². The zero-order valence-electron chi connectivity index (χ0n) is 14.2. The van der Waals surface area contributed by atoms with Gasteiger partial charge in [-0.2, -0.15) is 0 Å². The molecule has 0 aromatic heterocycles. The summed E-state index contributed by atoms with van der Waals surface area (Å²) in [6.45, 7) is 12.4. The smallest absolute Gasteiger partial charge is 0.0701 e. The Morgan fingerprint density at radius 2 is 2.05 bits per heavy atom. The van der Waals surface area contributed by atoms with E-state index in [0.717, 1.165) is 32.8 Å². The molecule has 0 radical (unpaired) electrons. The highest BCUT2D eigenvalue weighted by atomic mass is 16.5. The Kier molecular flexibility index (Phi) is 8.74. The van der Waals surface area contributed by atoms with Gasteiger partial charge in [0.15, 0.2) is 0 Å². The van der Waals surface area contributed by atoms with Crippen LogP contribution in [0.1, 0.15) is 59.3 Å². The lowest BCUT2D eigenvalue weighted by Crippen LogP contribution is -2.44. The van der Waals surface area contributed by atoms with E-state index in [0.29, 0.717) is 11.5 Å². The predicted octanol–water partition coefficient (Wildman–Crippen LogP) is 3.29. The second kappa shape index (κ2) is 9.75. The van der Waals surface area contributed by atoms with Gasteiger partial charge in [-0.1, -0.05) is 27.2 Å². The van der Waals surface area contributed by atoms with Crippen molar-refractivity contribution in [2.75, 3.05) is 39.8 Å². The maximum Gasteiger partial charge on any atom is 0.0701 e. The maximum atomic E-state index is 5.86. The first-order chi connectivity index (χ1) is 9.59. The molecule has 1 heterocycles. The highest BCUT2D eigenvalue weighted by molar-refractivity contribution is 4.81. The second-order valence-electron chi connectivity index (χ2n) is 6.92. The normalized spacial score (nSPS) is 22.9. The third-order valence-corrected chi connectivity index (χ3v) is 4.27. The molecule has 2 atom stereocenters. The molecule has 0 aliphatic carbocycles. The van der Waals surface area contributed by atoms with Crippen LogP contribution in [-0.4, -0.2) is 50.8 Å². The van der Waals surface area contributed by atoms with Gasteiger partial charge in [0.05, 0.1) is 6.10 Å². The van der Waals surface area contributed by atoms with E-state index in [-0.39, 0.29) is 0 Å². The monoisotopic (exact) mass is 284 g/mol. The van der Waals surface area contributed by atoms with Crippen LogP contribution >= 0.6 is 0 Å². The van der Waals surface area contributed by atoms with Crippen molar-refractivity contribution >= 4 is 0 Å². The zero-order valence-corrected chi connectivity index (χ0v) is 14.2. The van der Waals surface area contributed by atoms with Gasteiger partial charge in [-0.15, -0.1) is 0 Å². The van der Waals surface area contributed by atoms with E-state index in [2.05, 4.69) is 38.0 Å². The van der Waals surface area contributed by atoms with Gasteiger partial charge in [-0.3, -0.25) is 0 Å². The number of hydrogen-bond acceptors (Lipinski definition) is 3. The third-order valence-electron chi connectivity index (χ3n) is 4.27. The van der Waals surface area contributed by atoms with Crippen LogP contribution in [0.5, 0.6) is 0 Å². The molecule has 0 aromatic carbocycles. The first-order valence-corrected chi connectivity index (χ1v) is 8.60. The number of hydrogen-bond donors (Lipinski definition) is 1. The Bertz CT molecular complexity index is 241. The van der Waals surface area contributed by atoms with E-state index >= 15 is 0 Å². The van der Waals surface area contributed by atoms with Crippen LogP contribution in [-0.2, 0) is 4.74 Å². The summed E-state index contributed by atoms with van der Waals surface area (Å²) in [7, 11) is 2.26. The molecular weight excluding hydrogens is 248 g/mol. The first-order valence-electron chi connectivity index (χ1n) is 8.60. The van der Waals surface area contributed by atoms with Gasteiger partial charge in [0.1, 0.15) is 0 Å². The third kappa shape index (κ3) is 7.05. The van der Waals surface area contributed by atoms with Gasteiger partial charge < -0.3 is 15.0 Å². The van der Waals surface area contributed by atoms with Gasteiger partial charge in [-0.05, 0) is 51.1 Å². The highest BCUT2D eigenvalue weighted by Crippen LogP contribution is 2.24. The molecule has 1 saturated heterocycles. The quantitative estimate of drug-likeness (QED) is 0.623. The van der Waals surface area contributed by atoms with Crippen molar-refractivity contribution in [3.63, 3.8) is 0 Å². The van der Waals surface area contributed by atoms with Crippen LogP contribution < -0.4 is 5.32 Å². The van der Waals surface area contributed by atoms with Crippen molar-refractivity contribution in [1.82, 2.24) is 10.2 Å². The average Bonchev–Trinajstić information content (AvgIpc) is 2.40. The Balaban J connectivity index is 2.37. The molecule has 3 nitrogen and oxygen atoms in total. The number of likely N-dealkylation sites (N-methyl/N-ethyl adjacent to an activating group) is 1. The number of nitrogens with one attached hydrogen (secondary N) is 1. The minimum atomic E-state index is 0.382. The Labute approximate surface area is 126 Å². The minimum Gasteiger partial charge on any atom is -0.377 e. The van der Waals surface area contributed by atoms with E-state index in [1.807, 2.05) is 0 Å². The molecule has 0 aromatic rings. The predicted molar refractivity (Wildman–Crippen MR) is 87.3 cm³/mol. The van der Waals surface area contributed by atoms with E-state index < -0.39 is 0 Å². The van der Waals surface area contributed by atoms with Crippen molar-refractivity contribution in [2.24, 2.45) is 5.41 Å². The van der Waals surface area contributed by atoms with E-state index in [9.17, 15) is 0 Å². The van der Waals surface area contributed by atoms with Gasteiger partial charge in [0.2, 0.25) is 0 Å². The Morgan fingerprint density at radius 1 is 1.25 bits per heavy atom. The minimum absolute atomic E-state index is 0.382. The lowest BCUT2D eigenvalue weighted by Gasteiger charge is -2.36. The lowest BCUT2D eigenvalue weighted by atomic mass is 9.84. The fourth-order valence-corrected chi connectivity index (χ4v) is 3.41. The molecule has 0 amide bonds. The van der Waals surface area contributed by atoms with Crippen LogP contribution in [0.2, 0.25) is 0 Å². The van der Waals surface area contributed by atoms with Gasteiger partial charge in [0, 0.05) is 26.2 Å².